The van der Waals surface area contributed by atoms with Crippen molar-refractivity contribution in [2.45, 2.75) is 24.6 Å². The molecule has 0 aliphatic rings. The summed E-state index contributed by atoms with van der Waals surface area (Å²) < 4.78 is 116. The van der Waals surface area contributed by atoms with Crippen LogP contribution in [0.25, 0.3) is 6.08 Å². The molecule has 0 heterocycles. The SMILES string of the molecule is O=C(/C(=C\c1ccc(C(F)(F)F)cc1)C(O)c1ccc(C(F)(F)F)cc1)c1ccc(C(F)(F)F)cc1. The fourth-order valence-electron chi connectivity index (χ4n) is 3.23. The third-order valence-corrected chi connectivity index (χ3v) is 5.15. The lowest BCUT2D eigenvalue weighted by Gasteiger charge is -2.17. The van der Waals surface area contributed by atoms with Crippen molar-refractivity contribution in [2.75, 3.05) is 0 Å². The van der Waals surface area contributed by atoms with Gasteiger partial charge in [-0.1, -0.05) is 36.4 Å². The molecule has 0 aliphatic heterocycles. The molecule has 190 valence electrons. The molecule has 11 heteroatoms. The lowest BCUT2D eigenvalue weighted by atomic mass is 9.91. The molecular formula is C25H15F9O2. The van der Waals surface area contributed by atoms with Crippen LogP contribution in [0.3, 0.4) is 0 Å². The number of aliphatic hydroxyl groups excluding tert-OH is 1. The summed E-state index contributed by atoms with van der Waals surface area (Å²) in [5.74, 6) is -0.976. The summed E-state index contributed by atoms with van der Waals surface area (Å²) in [7, 11) is 0. The molecule has 1 N–H and O–H groups in total. The van der Waals surface area contributed by atoms with Crippen LogP contribution in [0.2, 0.25) is 0 Å². The zero-order valence-electron chi connectivity index (χ0n) is 17.8. The Morgan fingerprint density at radius 1 is 0.611 bits per heavy atom. The van der Waals surface area contributed by atoms with Gasteiger partial charge in [0.15, 0.2) is 5.78 Å². The van der Waals surface area contributed by atoms with Gasteiger partial charge in [-0.15, -0.1) is 0 Å². The van der Waals surface area contributed by atoms with Crippen LogP contribution in [0.1, 0.15) is 44.3 Å². The predicted molar refractivity (Wildman–Crippen MR) is 112 cm³/mol. The molecule has 3 rings (SSSR count). The first-order valence-electron chi connectivity index (χ1n) is 10.0. The first kappa shape index (κ1) is 27.0. The highest BCUT2D eigenvalue weighted by Crippen LogP contribution is 2.34. The van der Waals surface area contributed by atoms with Gasteiger partial charge in [-0.25, -0.2) is 0 Å². The summed E-state index contributed by atoms with van der Waals surface area (Å²) in [5.41, 5.74) is -3.94. The highest BCUT2D eigenvalue weighted by Gasteiger charge is 2.33. The van der Waals surface area contributed by atoms with Crippen LogP contribution < -0.4 is 0 Å². The Labute approximate surface area is 198 Å². The van der Waals surface area contributed by atoms with Gasteiger partial charge in [0.25, 0.3) is 0 Å². The highest BCUT2D eigenvalue weighted by molar-refractivity contribution is 6.12. The molecule has 0 bridgehead atoms. The monoisotopic (exact) mass is 518 g/mol. The molecule has 36 heavy (non-hydrogen) atoms. The summed E-state index contributed by atoms with van der Waals surface area (Å²) in [6.45, 7) is 0. The Morgan fingerprint density at radius 2 is 0.972 bits per heavy atom. The van der Waals surface area contributed by atoms with E-state index in [0.717, 1.165) is 54.6 Å². The van der Waals surface area contributed by atoms with Gasteiger partial charge < -0.3 is 5.11 Å². The van der Waals surface area contributed by atoms with Gasteiger partial charge in [-0.3, -0.25) is 4.79 Å². The Balaban J connectivity index is 2.04. The molecule has 1 atom stereocenters. The number of carbonyl (C=O) groups is 1. The molecule has 0 aromatic heterocycles. The Bertz CT molecular complexity index is 1230. The van der Waals surface area contributed by atoms with Gasteiger partial charge in [0.1, 0.15) is 6.10 Å². The Hall–Kier alpha value is -3.60. The maximum atomic E-state index is 13.1. The molecule has 0 radical (unpaired) electrons. The largest absolute Gasteiger partial charge is 0.416 e. The topological polar surface area (TPSA) is 37.3 Å². The van der Waals surface area contributed by atoms with E-state index >= 15 is 0 Å². The number of benzene rings is 3. The first-order valence-corrected chi connectivity index (χ1v) is 10.0. The molecule has 0 saturated heterocycles. The van der Waals surface area contributed by atoms with Crippen molar-refractivity contribution >= 4 is 11.9 Å². The highest BCUT2D eigenvalue weighted by atomic mass is 19.4. The van der Waals surface area contributed by atoms with E-state index in [1.54, 1.807) is 0 Å². The number of ketones is 1. The minimum atomic E-state index is -4.68. The van der Waals surface area contributed by atoms with E-state index in [0.29, 0.717) is 24.3 Å². The Morgan fingerprint density at radius 3 is 1.36 bits per heavy atom. The number of aliphatic hydroxyl groups is 1. The van der Waals surface area contributed by atoms with E-state index < -0.39 is 52.7 Å². The van der Waals surface area contributed by atoms with E-state index in [1.165, 1.54) is 0 Å². The average Bonchev–Trinajstić information content (AvgIpc) is 2.80. The summed E-state index contributed by atoms with van der Waals surface area (Å²) in [5, 5.41) is 10.8. The smallest absolute Gasteiger partial charge is 0.384 e. The van der Waals surface area contributed by atoms with Gasteiger partial charge >= 0.3 is 18.5 Å². The van der Waals surface area contributed by atoms with E-state index in [2.05, 4.69) is 0 Å². The number of halogens is 9. The maximum Gasteiger partial charge on any atom is 0.416 e. The number of alkyl halides is 9. The summed E-state index contributed by atoms with van der Waals surface area (Å²) in [6, 6.07) is 9.56. The number of carbonyl (C=O) groups excluding carboxylic acids is 1. The normalized spacial score (nSPS) is 14.0. The van der Waals surface area contributed by atoms with Crippen molar-refractivity contribution in [1.29, 1.82) is 0 Å². The fourth-order valence-corrected chi connectivity index (χ4v) is 3.23. The quantitative estimate of drug-likeness (QED) is 0.213. The minimum Gasteiger partial charge on any atom is -0.384 e. The molecule has 2 nitrogen and oxygen atoms in total. The van der Waals surface area contributed by atoms with Gasteiger partial charge in [0.2, 0.25) is 0 Å². The maximum absolute atomic E-state index is 13.1. The van der Waals surface area contributed by atoms with Crippen LogP contribution in [-0.2, 0) is 18.5 Å². The van der Waals surface area contributed by atoms with Gasteiger partial charge in [0, 0.05) is 11.1 Å². The van der Waals surface area contributed by atoms with Crippen LogP contribution in [0, 0.1) is 0 Å². The minimum absolute atomic E-state index is 0.0317. The molecule has 0 fully saturated rings. The lowest BCUT2D eigenvalue weighted by Crippen LogP contribution is -2.13. The van der Waals surface area contributed by atoms with E-state index in [4.69, 9.17) is 0 Å². The first-order chi connectivity index (χ1) is 16.6. The van der Waals surface area contributed by atoms with Gasteiger partial charge in [-0.2, -0.15) is 39.5 Å². The summed E-state index contributed by atoms with van der Waals surface area (Å²) in [4.78, 5) is 13.1. The van der Waals surface area contributed by atoms with Crippen molar-refractivity contribution < 1.29 is 49.4 Å². The van der Waals surface area contributed by atoms with Gasteiger partial charge in [0.05, 0.1) is 16.7 Å². The second-order valence-electron chi connectivity index (χ2n) is 7.65. The lowest BCUT2D eigenvalue weighted by molar-refractivity contribution is -0.138. The predicted octanol–water partition coefficient (Wildman–Crippen LogP) is 7.74. The second-order valence-corrected chi connectivity index (χ2v) is 7.65. The molecule has 0 spiro atoms. The van der Waals surface area contributed by atoms with E-state index in [1.807, 2.05) is 0 Å². The van der Waals surface area contributed by atoms with Crippen LogP contribution in [0.4, 0.5) is 39.5 Å². The van der Waals surface area contributed by atoms with Crippen molar-refractivity contribution in [3.63, 3.8) is 0 Å². The van der Waals surface area contributed by atoms with Crippen LogP contribution in [-0.4, -0.2) is 10.9 Å². The van der Waals surface area contributed by atoms with Crippen molar-refractivity contribution in [2.24, 2.45) is 0 Å². The fraction of sp³-hybridized carbons (Fsp3) is 0.160. The van der Waals surface area contributed by atoms with Gasteiger partial charge in [-0.05, 0) is 53.6 Å². The summed E-state index contributed by atoms with van der Waals surface area (Å²) in [6.07, 6.45) is -14.8. The molecule has 0 amide bonds. The van der Waals surface area contributed by atoms with Crippen molar-refractivity contribution in [1.82, 2.24) is 0 Å². The summed E-state index contributed by atoms with van der Waals surface area (Å²) >= 11 is 0. The standard InChI is InChI=1S/C25H15F9O2/c26-23(27,28)17-7-1-14(2-8-17)13-20(21(35)15-3-9-18(10-4-15)24(29,30)31)22(36)16-5-11-19(12-6-16)25(32,33)34/h1-13,21,35H/b20-13-. The third-order valence-electron chi connectivity index (χ3n) is 5.15. The molecule has 1 unspecified atom stereocenters. The number of hydrogen-bond donors (Lipinski definition) is 1. The van der Waals surface area contributed by atoms with Crippen LogP contribution in [0.5, 0.6) is 0 Å². The third kappa shape index (κ3) is 6.34. The Kier molecular flexibility index (Phi) is 7.35. The van der Waals surface area contributed by atoms with Crippen LogP contribution >= 0.6 is 0 Å². The molecule has 0 saturated carbocycles. The van der Waals surface area contributed by atoms with Crippen molar-refractivity contribution in [3.8, 4) is 0 Å². The molecule has 0 aliphatic carbocycles. The zero-order chi connectivity index (χ0) is 26.9. The van der Waals surface area contributed by atoms with E-state index in [9.17, 15) is 49.4 Å². The van der Waals surface area contributed by atoms with E-state index in [-0.39, 0.29) is 16.7 Å². The molecular weight excluding hydrogens is 503 g/mol. The second kappa shape index (κ2) is 9.81. The number of rotatable bonds is 5. The van der Waals surface area contributed by atoms with Crippen molar-refractivity contribution in [3.05, 3.63) is 112 Å². The average molecular weight is 518 g/mol. The zero-order valence-corrected chi connectivity index (χ0v) is 17.8. The number of hydrogen-bond acceptors (Lipinski definition) is 2. The van der Waals surface area contributed by atoms with Crippen LogP contribution in [0.15, 0.2) is 78.4 Å². The number of Topliss-reactive ketones (excluding diaryl/α,β-unsaturated/α-hetero) is 1. The molecule has 3 aromatic rings. The molecule has 3 aromatic carbocycles.